The van der Waals surface area contributed by atoms with E-state index in [4.69, 9.17) is 4.74 Å². The zero-order chi connectivity index (χ0) is 17.5. The highest BCUT2D eigenvalue weighted by Gasteiger charge is 2.00. The minimum absolute atomic E-state index is 0.230. The Balaban J connectivity index is 1.52. The molecule has 1 amide bonds. The summed E-state index contributed by atoms with van der Waals surface area (Å²) in [4.78, 5) is 15.7. The van der Waals surface area contributed by atoms with Crippen molar-refractivity contribution in [1.29, 1.82) is 0 Å². The molecule has 3 rings (SSSR count). The van der Waals surface area contributed by atoms with Crippen molar-refractivity contribution < 1.29 is 13.9 Å². The molecule has 1 heterocycles. The molecule has 6 heteroatoms. The SMILES string of the molecule is O=C(/C=C/c1ccc(OCc2ccc(F)cc2)cc1)Nc1nccs1. The Morgan fingerprint density at radius 2 is 1.92 bits per heavy atom. The van der Waals surface area contributed by atoms with Crippen LogP contribution in [0.5, 0.6) is 5.75 Å². The van der Waals surface area contributed by atoms with Crippen LogP contribution in [0.25, 0.3) is 6.08 Å². The van der Waals surface area contributed by atoms with Gasteiger partial charge in [0.25, 0.3) is 0 Å². The fourth-order valence-electron chi connectivity index (χ4n) is 2.03. The smallest absolute Gasteiger partial charge is 0.250 e. The van der Waals surface area contributed by atoms with E-state index in [1.54, 1.807) is 29.8 Å². The molecule has 0 aliphatic heterocycles. The van der Waals surface area contributed by atoms with Crippen LogP contribution in [-0.2, 0) is 11.4 Å². The van der Waals surface area contributed by atoms with Crippen molar-refractivity contribution in [2.24, 2.45) is 0 Å². The predicted molar refractivity (Wildman–Crippen MR) is 97.0 cm³/mol. The van der Waals surface area contributed by atoms with Crippen LogP contribution < -0.4 is 10.1 Å². The molecule has 0 bridgehead atoms. The number of hydrogen-bond donors (Lipinski definition) is 1. The van der Waals surface area contributed by atoms with E-state index in [0.29, 0.717) is 17.5 Å². The largest absolute Gasteiger partial charge is 0.489 e. The summed E-state index contributed by atoms with van der Waals surface area (Å²) in [5, 5.41) is 5.04. The molecular formula is C19H15FN2O2S. The third-order valence-electron chi connectivity index (χ3n) is 3.29. The third-order valence-corrected chi connectivity index (χ3v) is 3.98. The van der Waals surface area contributed by atoms with Crippen molar-refractivity contribution in [3.05, 3.63) is 83.1 Å². The Morgan fingerprint density at radius 1 is 1.16 bits per heavy atom. The Kier molecular flexibility index (Phi) is 5.53. The lowest BCUT2D eigenvalue weighted by atomic mass is 10.2. The molecular weight excluding hydrogens is 339 g/mol. The van der Waals surface area contributed by atoms with Crippen molar-refractivity contribution in [2.45, 2.75) is 6.61 Å². The topological polar surface area (TPSA) is 51.2 Å². The van der Waals surface area contributed by atoms with Crippen molar-refractivity contribution >= 4 is 28.5 Å². The van der Waals surface area contributed by atoms with Gasteiger partial charge in [0.1, 0.15) is 18.2 Å². The number of nitrogens with one attached hydrogen (secondary N) is 1. The van der Waals surface area contributed by atoms with Gasteiger partial charge in [-0.05, 0) is 41.5 Å². The summed E-state index contributed by atoms with van der Waals surface area (Å²) in [5.41, 5.74) is 1.77. The van der Waals surface area contributed by atoms with Gasteiger partial charge in [-0.25, -0.2) is 9.37 Å². The zero-order valence-corrected chi connectivity index (χ0v) is 14.0. The van der Waals surface area contributed by atoms with Gasteiger partial charge in [-0.3, -0.25) is 10.1 Å². The van der Waals surface area contributed by atoms with Crippen molar-refractivity contribution in [3.8, 4) is 5.75 Å². The first-order valence-corrected chi connectivity index (χ1v) is 8.43. The molecule has 0 fully saturated rings. The zero-order valence-electron chi connectivity index (χ0n) is 13.2. The Bertz CT molecular complexity index is 844. The van der Waals surface area contributed by atoms with Gasteiger partial charge >= 0.3 is 0 Å². The highest BCUT2D eigenvalue weighted by Crippen LogP contribution is 2.16. The Hall–Kier alpha value is -2.99. The number of amides is 1. The molecule has 1 aromatic heterocycles. The molecule has 4 nitrogen and oxygen atoms in total. The first-order valence-electron chi connectivity index (χ1n) is 7.55. The van der Waals surface area contributed by atoms with Gasteiger partial charge in [0.05, 0.1) is 0 Å². The number of halogens is 1. The van der Waals surface area contributed by atoms with E-state index in [2.05, 4.69) is 10.3 Å². The minimum Gasteiger partial charge on any atom is -0.489 e. The lowest BCUT2D eigenvalue weighted by Gasteiger charge is -2.06. The fraction of sp³-hybridized carbons (Fsp3) is 0.0526. The molecule has 0 saturated heterocycles. The van der Waals surface area contributed by atoms with Gasteiger partial charge in [-0.2, -0.15) is 0 Å². The summed E-state index contributed by atoms with van der Waals surface area (Å²) < 4.78 is 18.5. The van der Waals surface area contributed by atoms with Crippen molar-refractivity contribution in [1.82, 2.24) is 4.98 Å². The lowest BCUT2D eigenvalue weighted by Crippen LogP contribution is -2.06. The first-order chi connectivity index (χ1) is 12.2. The summed E-state index contributed by atoms with van der Waals surface area (Å²) in [7, 11) is 0. The number of carbonyl (C=O) groups excluding carboxylic acids is 1. The average molecular weight is 354 g/mol. The standard InChI is InChI=1S/C19H15FN2O2S/c20-16-6-1-15(2-7-16)13-24-17-8-3-14(4-9-17)5-10-18(23)22-19-21-11-12-25-19/h1-12H,13H2,(H,21,22,23)/b10-5+. The molecule has 3 aromatic rings. The molecule has 1 N–H and O–H groups in total. The van der Waals surface area contributed by atoms with Crippen LogP contribution in [0.1, 0.15) is 11.1 Å². The highest BCUT2D eigenvalue weighted by atomic mass is 32.1. The number of nitrogens with zero attached hydrogens (tertiary/aromatic N) is 1. The maximum atomic E-state index is 12.9. The van der Waals surface area contributed by atoms with E-state index in [-0.39, 0.29) is 11.7 Å². The van der Waals surface area contributed by atoms with Gasteiger partial charge in [0.2, 0.25) is 5.91 Å². The van der Waals surface area contributed by atoms with Crippen LogP contribution in [-0.4, -0.2) is 10.9 Å². The van der Waals surface area contributed by atoms with Crippen LogP contribution in [0.3, 0.4) is 0 Å². The number of rotatable bonds is 6. The number of hydrogen-bond acceptors (Lipinski definition) is 4. The summed E-state index contributed by atoms with van der Waals surface area (Å²) >= 11 is 1.36. The minimum atomic E-state index is -0.265. The van der Waals surface area contributed by atoms with Crippen LogP contribution in [0.4, 0.5) is 9.52 Å². The second-order valence-corrected chi connectivity index (χ2v) is 6.04. The number of aromatic nitrogens is 1. The van der Waals surface area contributed by atoms with Gasteiger partial charge in [0.15, 0.2) is 5.13 Å². The molecule has 0 unspecified atom stereocenters. The Morgan fingerprint density at radius 3 is 2.60 bits per heavy atom. The van der Waals surface area contributed by atoms with E-state index in [1.807, 2.05) is 24.3 Å². The first kappa shape index (κ1) is 16.9. The van der Waals surface area contributed by atoms with Gasteiger partial charge in [0, 0.05) is 17.7 Å². The summed E-state index contributed by atoms with van der Waals surface area (Å²) in [6.45, 7) is 0.367. The second-order valence-electron chi connectivity index (χ2n) is 5.14. The number of ether oxygens (including phenoxy) is 1. The maximum absolute atomic E-state index is 12.9. The molecule has 0 aliphatic rings. The number of thiazole rings is 1. The molecule has 0 aliphatic carbocycles. The normalized spacial score (nSPS) is 10.8. The second kappa shape index (κ2) is 8.21. The summed E-state index contributed by atoms with van der Waals surface area (Å²) in [6.07, 6.45) is 4.80. The molecule has 0 spiro atoms. The monoisotopic (exact) mass is 354 g/mol. The van der Waals surface area contributed by atoms with Gasteiger partial charge in [-0.15, -0.1) is 11.3 Å². The highest BCUT2D eigenvalue weighted by molar-refractivity contribution is 7.13. The van der Waals surface area contributed by atoms with Crippen LogP contribution in [0, 0.1) is 5.82 Å². The molecule has 0 saturated carbocycles. The van der Waals surface area contributed by atoms with Crippen molar-refractivity contribution in [3.63, 3.8) is 0 Å². The maximum Gasteiger partial charge on any atom is 0.250 e. The van der Waals surface area contributed by atoms with Crippen molar-refractivity contribution in [2.75, 3.05) is 5.32 Å². The average Bonchev–Trinajstić information content (AvgIpc) is 3.13. The summed E-state index contributed by atoms with van der Waals surface area (Å²) in [5.74, 6) is 0.207. The molecule has 0 atom stereocenters. The van der Waals surface area contributed by atoms with E-state index in [0.717, 1.165) is 11.1 Å². The van der Waals surface area contributed by atoms with Gasteiger partial charge in [-0.1, -0.05) is 24.3 Å². The number of benzene rings is 2. The van der Waals surface area contributed by atoms with E-state index in [9.17, 15) is 9.18 Å². The van der Waals surface area contributed by atoms with E-state index >= 15 is 0 Å². The quantitative estimate of drug-likeness (QED) is 0.663. The molecule has 25 heavy (non-hydrogen) atoms. The molecule has 0 radical (unpaired) electrons. The number of carbonyl (C=O) groups is 1. The van der Waals surface area contributed by atoms with E-state index < -0.39 is 0 Å². The van der Waals surface area contributed by atoms with E-state index in [1.165, 1.54) is 29.5 Å². The predicted octanol–water partition coefficient (Wildman–Crippen LogP) is 4.51. The summed E-state index contributed by atoms with van der Waals surface area (Å²) in [6, 6.07) is 13.5. The van der Waals surface area contributed by atoms with Gasteiger partial charge < -0.3 is 4.74 Å². The molecule has 126 valence electrons. The number of anilines is 1. The van der Waals surface area contributed by atoms with Crippen LogP contribution in [0.2, 0.25) is 0 Å². The van der Waals surface area contributed by atoms with Crippen LogP contribution in [0.15, 0.2) is 66.2 Å². The van der Waals surface area contributed by atoms with Crippen LogP contribution >= 0.6 is 11.3 Å². The fourth-order valence-corrected chi connectivity index (χ4v) is 2.56. The molecule has 2 aromatic carbocycles. The Labute approximate surface area is 148 Å². The third kappa shape index (κ3) is 5.26. The lowest BCUT2D eigenvalue weighted by molar-refractivity contribution is -0.111.